The number of benzene rings is 3. The molecule has 0 unspecified atom stereocenters. The minimum absolute atomic E-state index is 0.733. The maximum atomic E-state index is 6.50. The Kier molecular flexibility index (Phi) is 9.59. The summed E-state index contributed by atoms with van der Waals surface area (Å²) in [6.07, 6.45) is 6.49. The summed E-state index contributed by atoms with van der Waals surface area (Å²) >= 11 is 3.26. The third-order valence-electron chi connectivity index (χ3n) is 5.38. The topological polar surface area (TPSA) is 27.7 Å². The standard InChI is InChI=1S/C27H34BrO3P/c1-4-7-22-10-16-25(17-11-22)29-32(31-28,27-20-14-24(9-6-3)15-21-27)30-26-18-12-23(8-5-2)13-19-26/h10-21,32H,4-9H2,1-3H3. The third kappa shape index (κ3) is 6.57. The van der Waals surface area contributed by atoms with Gasteiger partial charge in [0, 0.05) is 0 Å². The Morgan fingerprint density at radius 3 is 1.22 bits per heavy atom. The zero-order valence-electron chi connectivity index (χ0n) is 19.3. The van der Waals surface area contributed by atoms with Crippen LogP contribution in [0.4, 0.5) is 0 Å². The number of rotatable bonds is 12. The molecule has 0 saturated carbocycles. The van der Waals surface area contributed by atoms with Crippen molar-refractivity contribution >= 4 is 29.5 Å². The number of halogens is 1. The number of hydrogen-bond acceptors (Lipinski definition) is 3. The van der Waals surface area contributed by atoms with Crippen LogP contribution < -0.4 is 14.4 Å². The second-order valence-corrected chi connectivity index (χ2v) is 11.3. The van der Waals surface area contributed by atoms with Gasteiger partial charge in [-0.15, -0.1) is 0 Å². The van der Waals surface area contributed by atoms with E-state index in [2.05, 4.69) is 85.6 Å². The molecule has 0 spiro atoms. The fourth-order valence-corrected chi connectivity index (χ4v) is 6.57. The van der Waals surface area contributed by atoms with Crippen molar-refractivity contribution in [3.05, 3.63) is 89.5 Å². The van der Waals surface area contributed by atoms with Crippen molar-refractivity contribution in [1.29, 1.82) is 0 Å². The molecule has 3 aromatic rings. The fraction of sp³-hybridized carbons (Fsp3) is 0.333. The zero-order chi connectivity index (χ0) is 22.8. The van der Waals surface area contributed by atoms with E-state index in [1.807, 2.05) is 24.3 Å². The van der Waals surface area contributed by atoms with Crippen molar-refractivity contribution < 1.29 is 12.7 Å². The van der Waals surface area contributed by atoms with Gasteiger partial charge in [-0.2, -0.15) is 0 Å². The van der Waals surface area contributed by atoms with Gasteiger partial charge in [0.1, 0.15) is 0 Å². The minimum atomic E-state index is -3.33. The third-order valence-corrected chi connectivity index (χ3v) is 8.91. The van der Waals surface area contributed by atoms with Gasteiger partial charge < -0.3 is 0 Å². The summed E-state index contributed by atoms with van der Waals surface area (Å²) in [6.45, 7) is 6.55. The van der Waals surface area contributed by atoms with E-state index in [1.165, 1.54) is 16.7 Å². The van der Waals surface area contributed by atoms with Crippen LogP contribution in [-0.4, -0.2) is 0 Å². The van der Waals surface area contributed by atoms with Crippen LogP contribution in [0.5, 0.6) is 11.5 Å². The van der Waals surface area contributed by atoms with Crippen LogP contribution in [0.25, 0.3) is 0 Å². The van der Waals surface area contributed by atoms with Crippen LogP contribution in [0.2, 0.25) is 0 Å². The van der Waals surface area contributed by atoms with Crippen LogP contribution in [0.15, 0.2) is 72.8 Å². The van der Waals surface area contributed by atoms with Crippen molar-refractivity contribution in [2.75, 3.05) is 0 Å². The molecule has 3 aromatic carbocycles. The first-order chi connectivity index (χ1) is 15.6. The molecule has 0 heterocycles. The molecule has 0 amide bonds. The van der Waals surface area contributed by atoms with E-state index in [0.29, 0.717) is 0 Å². The van der Waals surface area contributed by atoms with E-state index >= 15 is 0 Å². The predicted molar refractivity (Wildman–Crippen MR) is 141 cm³/mol. The molecule has 0 aliphatic carbocycles. The Hall–Kier alpha value is -1.87. The number of aryl methyl sites for hydroxylation is 3. The second kappa shape index (κ2) is 12.4. The molecule has 0 aliphatic rings. The van der Waals surface area contributed by atoms with E-state index < -0.39 is 7.94 Å². The van der Waals surface area contributed by atoms with E-state index in [9.17, 15) is 0 Å². The van der Waals surface area contributed by atoms with E-state index in [-0.39, 0.29) is 0 Å². The summed E-state index contributed by atoms with van der Waals surface area (Å²) in [4.78, 5) is 0. The van der Waals surface area contributed by atoms with Crippen LogP contribution in [-0.2, 0) is 22.9 Å². The molecule has 3 rings (SSSR count). The quantitative estimate of drug-likeness (QED) is 0.227. The first-order valence-corrected chi connectivity index (χ1v) is 13.9. The molecule has 0 N–H and O–H groups in total. The van der Waals surface area contributed by atoms with Gasteiger partial charge in [0.25, 0.3) is 0 Å². The Balaban J connectivity index is 1.93. The number of hydrogen-bond donors (Lipinski definition) is 0. The SMILES string of the molecule is CCCc1ccc(O[PH](OBr)(Oc2ccc(CCC)cc2)c2ccc(CCC)cc2)cc1. The van der Waals surface area contributed by atoms with Crippen molar-refractivity contribution in [2.45, 2.75) is 59.3 Å². The first kappa shape index (κ1) is 24.8. The van der Waals surface area contributed by atoms with Gasteiger partial charge >= 0.3 is 202 Å². The van der Waals surface area contributed by atoms with Gasteiger partial charge in [0.05, 0.1) is 0 Å². The molecule has 0 saturated heterocycles. The molecule has 0 atom stereocenters. The average molecular weight is 517 g/mol. The monoisotopic (exact) mass is 516 g/mol. The zero-order valence-corrected chi connectivity index (χ0v) is 21.9. The molecule has 0 radical (unpaired) electrons. The van der Waals surface area contributed by atoms with Crippen LogP contribution >= 0.6 is 24.2 Å². The van der Waals surface area contributed by atoms with E-state index in [1.54, 1.807) is 0 Å². The van der Waals surface area contributed by atoms with E-state index in [4.69, 9.17) is 12.7 Å². The van der Waals surface area contributed by atoms with Gasteiger partial charge in [0.2, 0.25) is 0 Å². The Labute approximate surface area is 202 Å². The molecular formula is C27H34BrO3P. The molecule has 0 aliphatic heterocycles. The van der Waals surface area contributed by atoms with Gasteiger partial charge in [-0.25, -0.2) is 0 Å². The van der Waals surface area contributed by atoms with Crippen molar-refractivity contribution in [3.63, 3.8) is 0 Å². The summed E-state index contributed by atoms with van der Waals surface area (Å²) < 4.78 is 18.9. The van der Waals surface area contributed by atoms with Crippen molar-refractivity contribution in [2.24, 2.45) is 0 Å². The molecule has 0 fully saturated rings. The van der Waals surface area contributed by atoms with Crippen LogP contribution in [0, 0.1) is 0 Å². The molecule has 3 nitrogen and oxygen atoms in total. The molecule has 32 heavy (non-hydrogen) atoms. The predicted octanol–water partition coefficient (Wildman–Crippen LogP) is 8.15. The van der Waals surface area contributed by atoms with Crippen LogP contribution in [0.3, 0.4) is 0 Å². The van der Waals surface area contributed by atoms with Gasteiger partial charge in [-0.1, -0.05) is 0 Å². The summed E-state index contributed by atoms with van der Waals surface area (Å²) in [5.74, 6) is 1.47. The van der Waals surface area contributed by atoms with Gasteiger partial charge in [-0.05, 0) is 0 Å². The average Bonchev–Trinajstić information content (AvgIpc) is 2.82. The fourth-order valence-electron chi connectivity index (χ4n) is 3.71. The Morgan fingerprint density at radius 2 is 0.906 bits per heavy atom. The second-order valence-electron chi connectivity index (χ2n) is 8.07. The molecule has 5 heteroatoms. The summed E-state index contributed by atoms with van der Waals surface area (Å²) in [5, 5.41) is 0.907. The van der Waals surface area contributed by atoms with Gasteiger partial charge in [-0.3, -0.25) is 0 Å². The van der Waals surface area contributed by atoms with Gasteiger partial charge in [0.15, 0.2) is 0 Å². The van der Waals surface area contributed by atoms with Crippen molar-refractivity contribution in [3.8, 4) is 11.5 Å². The summed E-state index contributed by atoms with van der Waals surface area (Å²) in [6, 6.07) is 24.8. The first-order valence-electron chi connectivity index (χ1n) is 11.6. The summed E-state index contributed by atoms with van der Waals surface area (Å²) in [7, 11) is -3.33. The maximum absolute atomic E-state index is 6.50. The summed E-state index contributed by atoms with van der Waals surface area (Å²) in [5.41, 5.74) is 3.88. The Bertz CT molecular complexity index is 889. The molecule has 0 aromatic heterocycles. The van der Waals surface area contributed by atoms with Crippen molar-refractivity contribution in [1.82, 2.24) is 0 Å². The molecular weight excluding hydrogens is 483 g/mol. The Morgan fingerprint density at radius 1 is 0.562 bits per heavy atom. The normalized spacial score (nSPS) is 11.9. The van der Waals surface area contributed by atoms with E-state index in [0.717, 1.165) is 55.3 Å². The molecule has 172 valence electrons. The van der Waals surface area contributed by atoms with Crippen LogP contribution in [0.1, 0.15) is 56.7 Å². The molecule has 0 bridgehead atoms.